The minimum Gasteiger partial charge on any atom is -0.481 e. The van der Waals surface area contributed by atoms with E-state index in [1.54, 1.807) is 0 Å². The van der Waals surface area contributed by atoms with E-state index in [1.807, 2.05) is 32.0 Å². The highest BCUT2D eigenvalue weighted by Crippen LogP contribution is 2.65. The Bertz CT molecular complexity index is 460. The molecule has 1 aliphatic carbocycles. The van der Waals surface area contributed by atoms with Crippen molar-refractivity contribution < 1.29 is 9.90 Å². The van der Waals surface area contributed by atoms with Crippen LogP contribution in [0.5, 0.6) is 0 Å². The van der Waals surface area contributed by atoms with Gasteiger partial charge in [0, 0.05) is 0 Å². The number of hydrogen-bond acceptors (Lipinski definition) is 1. The van der Waals surface area contributed by atoms with Crippen LogP contribution in [0.25, 0.3) is 0 Å². The van der Waals surface area contributed by atoms with Gasteiger partial charge in [-0.1, -0.05) is 52.0 Å². The zero-order chi connectivity index (χ0) is 12.8. The van der Waals surface area contributed by atoms with Gasteiger partial charge >= 0.3 is 5.97 Å². The molecule has 1 unspecified atom stereocenters. The Morgan fingerprint density at radius 3 is 2.24 bits per heavy atom. The van der Waals surface area contributed by atoms with Crippen LogP contribution in [0.4, 0.5) is 0 Å². The highest BCUT2D eigenvalue weighted by molar-refractivity contribution is 5.87. The van der Waals surface area contributed by atoms with Crippen LogP contribution in [0.1, 0.15) is 51.2 Å². The van der Waals surface area contributed by atoms with Gasteiger partial charge in [0.05, 0.1) is 5.41 Å². The molecule has 0 aromatic heterocycles. The number of hydrogen-bond donors (Lipinski definition) is 1. The van der Waals surface area contributed by atoms with Crippen molar-refractivity contribution in [3.05, 3.63) is 35.4 Å². The predicted molar refractivity (Wildman–Crippen MR) is 68.2 cm³/mol. The molecule has 1 fully saturated rings. The Hall–Kier alpha value is -1.31. The Kier molecular flexibility index (Phi) is 2.57. The van der Waals surface area contributed by atoms with Gasteiger partial charge in [-0.2, -0.15) is 0 Å². The fourth-order valence-electron chi connectivity index (χ4n) is 2.95. The third-order valence-corrected chi connectivity index (χ3v) is 4.15. The van der Waals surface area contributed by atoms with Crippen LogP contribution >= 0.6 is 0 Å². The number of carboxylic acids is 1. The summed E-state index contributed by atoms with van der Waals surface area (Å²) < 4.78 is 0. The molecule has 2 heteroatoms. The predicted octanol–water partition coefficient (Wildman–Crippen LogP) is 3.56. The van der Waals surface area contributed by atoms with Crippen LogP contribution in [-0.2, 0) is 10.2 Å². The minimum atomic E-state index is -0.685. The Labute approximate surface area is 103 Å². The Morgan fingerprint density at radius 2 is 1.82 bits per heavy atom. The summed E-state index contributed by atoms with van der Waals surface area (Å²) >= 11 is 0. The molecule has 17 heavy (non-hydrogen) atoms. The van der Waals surface area contributed by atoms with E-state index in [-0.39, 0.29) is 5.41 Å². The van der Waals surface area contributed by atoms with E-state index in [4.69, 9.17) is 0 Å². The summed E-state index contributed by atoms with van der Waals surface area (Å²) in [5.74, 6) is -0.325. The molecule has 92 valence electrons. The van der Waals surface area contributed by atoms with Crippen LogP contribution in [0.2, 0.25) is 0 Å². The van der Waals surface area contributed by atoms with Crippen molar-refractivity contribution in [3.63, 3.8) is 0 Å². The number of rotatable bonds is 3. The summed E-state index contributed by atoms with van der Waals surface area (Å²) in [7, 11) is 0. The van der Waals surface area contributed by atoms with E-state index in [0.29, 0.717) is 5.92 Å². The Morgan fingerprint density at radius 1 is 1.29 bits per heavy atom. The fraction of sp³-hybridized carbons (Fsp3) is 0.533. The summed E-state index contributed by atoms with van der Waals surface area (Å²) in [5, 5.41) is 9.60. The smallest absolute Gasteiger partial charge is 0.314 e. The number of carboxylic acid groups (broad SMARTS) is 1. The van der Waals surface area contributed by atoms with Crippen LogP contribution in [-0.4, -0.2) is 11.1 Å². The van der Waals surface area contributed by atoms with Gasteiger partial charge in [-0.25, -0.2) is 0 Å². The average molecular weight is 232 g/mol. The zero-order valence-corrected chi connectivity index (χ0v) is 10.9. The lowest BCUT2D eigenvalue weighted by atomic mass is 9.82. The Balaban J connectivity index is 2.58. The SMILES string of the molecule is CC(C)c1ccccc1C1(C(=O)O)CC1(C)C. The number of aliphatic carboxylic acids is 1. The molecule has 1 saturated carbocycles. The van der Waals surface area contributed by atoms with Gasteiger partial charge in [-0.3, -0.25) is 4.79 Å². The van der Waals surface area contributed by atoms with Gasteiger partial charge < -0.3 is 5.11 Å². The van der Waals surface area contributed by atoms with Crippen molar-refractivity contribution in [3.8, 4) is 0 Å². The summed E-state index contributed by atoms with van der Waals surface area (Å²) in [4.78, 5) is 11.7. The summed E-state index contributed by atoms with van der Waals surface area (Å²) in [6, 6.07) is 7.97. The molecule has 1 aromatic rings. The maximum atomic E-state index is 11.7. The van der Waals surface area contributed by atoms with E-state index < -0.39 is 11.4 Å². The molecule has 1 aromatic carbocycles. The van der Waals surface area contributed by atoms with Gasteiger partial charge in [0.15, 0.2) is 0 Å². The van der Waals surface area contributed by atoms with Gasteiger partial charge in [-0.15, -0.1) is 0 Å². The van der Waals surface area contributed by atoms with Crippen molar-refractivity contribution in [2.45, 2.75) is 45.4 Å². The first-order valence-corrected chi connectivity index (χ1v) is 6.16. The van der Waals surface area contributed by atoms with Crippen molar-refractivity contribution in [1.82, 2.24) is 0 Å². The third kappa shape index (κ3) is 1.58. The number of benzene rings is 1. The van der Waals surface area contributed by atoms with Crippen LogP contribution < -0.4 is 0 Å². The van der Waals surface area contributed by atoms with Crippen LogP contribution in [0, 0.1) is 5.41 Å². The summed E-state index contributed by atoms with van der Waals surface area (Å²) in [6.45, 7) is 8.31. The van der Waals surface area contributed by atoms with Crippen molar-refractivity contribution >= 4 is 5.97 Å². The lowest BCUT2D eigenvalue weighted by molar-refractivity contribution is -0.141. The lowest BCUT2D eigenvalue weighted by Gasteiger charge is -2.21. The largest absolute Gasteiger partial charge is 0.481 e. The van der Waals surface area contributed by atoms with E-state index in [1.165, 1.54) is 5.56 Å². The number of carbonyl (C=O) groups is 1. The highest BCUT2D eigenvalue weighted by Gasteiger charge is 2.68. The van der Waals surface area contributed by atoms with Gasteiger partial charge in [0.2, 0.25) is 0 Å². The molecule has 0 spiro atoms. The molecule has 0 aliphatic heterocycles. The second kappa shape index (κ2) is 3.59. The molecular formula is C15H20O2. The van der Waals surface area contributed by atoms with Crippen LogP contribution in [0.15, 0.2) is 24.3 Å². The maximum absolute atomic E-state index is 11.7. The zero-order valence-electron chi connectivity index (χ0n) is 10.9. The molecule has 0 heterocycles. The van der Waals surface area contributed by atoms with Gasteiger partial charge in [-0.05, 0) is 28.9 Å². The van der Waals surface area contributed by atoms with E-state index in [0.717, 1.165) is 12.0 Å². The van der Waals surface area contributed by atoms with E-state index in [2.05, 4.69) is 19.9 Å². The van der Waals surface area contributed by atoms with Crippen molar-refractivity contribution in [2.75, 3.05) is 0 Å². The molecule has 1 aliphatic rings. The van der Waals surface area contributed by atoms with Gasteiger partial charge in [0.25, 0.3) is 0 Å². The van der Waals surface area contributed by atoms with Gasteiger partial charge in [0.1, 0.15) is 0 Å². The first kappa shape index (κ1) is 12.2. The molecule has 2 nitrogen and oxygen atoms in total. The quantitative estimate of drug-likeness (QED) is 0.865. The second-order valence-corrected chi connectivity index (χ2v) is 6.01. The molecule has 1 atom stereocenters. The molecule has 0 bridgehead atoms. The molecule has 0 amide bonds. The monoisotopic (exact) mass is 232 g/mol. The molecule has 0 saturated heterocycles. The maximum Gasteiger partial charge on any atom is 0.314 e. The standard InChI is InChI=1S/C15H20O2/c1-10(2)11-7-5-6-8-12(11)15(13(16)17)9-14(15,3)4/h5-8,10H,9H2,1-4H3,(H,16,17). The lowest BCUT2D eigenvalue weighted by Crippen LogP contribution is -2.27. The normalized spacial score (nSPS) is 25.9. The first-order valence-electron chi connectivity index (χ1n) is 6.16. The summed E-state index contributed by atoms with van der Waals surface area (Å²) in [6.07, 6.45) is 0.735. The average Bonchev–Trinajstić information content (AvgIpc) is 2.83. The first-order chi connectivity index (χ1) is 7.83. The minimum absolute atomic E-state index is 0.135. The summed E-state index contributed by atoms with van der Waals surface area (Å²) in [5.41, 5.74) is 1.37. The van der Waals surface area contributed by atoms with E-state index >= 15 is 0 Å². The van der Waals surface area contributed by atoms with E-state index in [9.17, 15) is 9.90 Å². The molecule has 1 N–H and O–H groups in total. The third-order valence-electron chi connectivity index (χ3n) is 4.15. The fourth-order valence-corrected chi connectivity index (χ4v) is 2.95. The molecule has 2 rings (SSSR count). The topological polar surface area (TPSA) is 37.3 Å². The highest BCUT2D eigenvalue weighted by atomic mass is 16.4. The molecular weight excluding hydrogens is 212 g/mol. The van der Waals surface area contributed by atoms with Crippen molar-refractivity contribution in [1.29, 1.82) is 0 Å². The van der Waals surface area contributed by atoms with Crippen LogP contribution in [0.3, 0.4) is 0 Å². The molecule has 0 radical (unpaired) electrons. The van der Waals surface area contributed by atoms with Crippen molar-refractivity contribution in [2.24, 2.45) is 5.41 Å². The second-order valence-electron chi connectivity index (χ2n) is 6.01.